The van der Waals surface area contributed by atoms with Gasteiger partial charge in [-0.05, 0) is 55.9 Å². The second kappa shape index (κ2) is 7.08. The number of furan rings is 1. The topological polar surface area (TPSA) is 13.1 Å². The summed E-state index contributed by atoms with van der Waals surface area (Å²) in [6, 6.07) is 8.55. The fourth-order valence-corrected chi connectivity index (χ4v) is 4.59. The van der Waals surface area contributed by atoms with Gasteiger partial charge in [-0.2, -0.15) is 0 Å². The lowest BCUT2D eigenvalue weighted by Gasteiger charge is -2.18. The van der Waals surface area contributed by atoms with Crippen LogP contribution in [0.15, 0.2) is 125 Å². The van der Waals surface area contributed by atoms with Gasteiger partial charge in [0.15, 0.2) is 0 Å². The molecule has 7 aromatic rings. The summed E-state index contributed by atoms with van der Waals surface area (Å²) in [5, 5.41) is 2.06. The molecule has 0 fully saturated rings. The first-order valence-corrected chi connectivity index (χ1v) is 10.3. The molecule has 154 valence electrons. The maximum absolute atomic E-state index is 9.13. The molecule has 0 radical (unpaired) electrons. The minimum atomic E-state index is -0.518. The van der Waals surface area contributed by atoms with Gasteiger partial charge in [0.2, 0.25) is 0 Å². The number of para-hydroxylation sites is 1. The average molecular weight is 433 g/mol. The predicted octanol–water partition coefficient (Wildman–Crippen LogP) is 9.23. The van der Waals surface area contributed by atoms with Crippen molar-refractivity contribution >= 4 is 43.5 Å². The van der Waals surface area contributed by atoms with Gasteiger partial charge in [-0.15, -0.1) is 0 Å². The Balaban J connectivity index is 1.78. The van der Waals surface area contributed by atoms with Crippen LogP contribution in [0.5, 0.6) is 0 Å². The van der Waals surface area contributed by atoms with E-state index in [1.165, 1.54) is 0 Å². The molecule has 33 heavy (non-hydrogen) atoms. The summed E-state index contributed by atoms with van der Waals surface area (Å²) in [5.41, 5.74) is 0.565. The van der Waals surface area contributed by atoms with E-state index < -0.39 is 54.4 Å². The summed E-state index contributed by atoms with van der Waals surface area (Å²) in [7, 11) is 0. The summed E-state index contributed by atoms with van der Waals surface area (Å²) in [4.78, 5) is 0. The summed E-state index contributed by atoms with van der Waals surface area (Å²) < 4.78 is 108. The second-order valence-electron chi connectivity index (χ2n) is 7.60. The van der Waals surface area contributed by atoms with Crippen LogP contribution in [0.25, 0.3) is 65.7 Å². The van der Waals surface area contributed by atoms with Crippen molar-refractivity contribution in [2.45, 2.75) is 0 Å². The fourth-order valence-electron chi connectivity index (χ4n) is 4.59. The van der Waals surface area contributed by atoms with Gasteiger partial charge in [-0.25, -0.2) is 0 Å². The molecular weight excluding hydrogens is 400 g/mol. The van der Waals surface area contributed by atoms with Crippen LogP contribution in [0.1, 0.15) is 16.4 Å². The van der Waals surface area contributed by atoms with Crippen molar-refractivity contribution < 1.29 is 20.9 Å². The van der Waals surface area contributed by atoms with E-state index in [1.807, 2.05) is 0 Å². The maximum atomic E-state index is 9.13. The zero-order chi connectivity index (χ0) is 32.2. The Bertz CT molecular complexity index is 2380. The van der Waals surface area contributed by atoms with Gasteiger partial charge < -0.3 is 4.42 Å². The quantitative estimate of drug-likeness (QED) is 0.248. The van der Waals surface area contributed by atoms with Gasteiger partial charge in [-0.1, -0.05) is 109 Å². The van der Waals surface area contributed by atoms with Gasteiger partial charge >= 0.3 is 0 Å². The van der Waals surface area contributed by atoms with Crippen LogP contribution < -0.4 is 0 Å². The highest BCUT2D eigenvalue weighted by molar-refractivity contribution is 6.25. The molecule has 0 unspecified atom stereocenters. The lowest BCUT2D eigenvalue weighted by Crippen LogP contribution is -1.91. The monoisotopic (exact) mass is 432 g/mol. The summed E-state index contributed by atoms with van der Waals surface area (Å²) in [6.45, 7) is 0. The van der Waals surface area contributed by atoms with Crippen LogP contribution in [-0.2, 0) is 0 Å². The first-order chi connectivity index (χ1) is 21.4. The molecule has 0 saturated heterocycles. The van der Waals surface area contributed by atoms with Gasteiger partial charge in [0, 0.05) is 10.8 Å². The molecule has 0 bridgehead atoms. The summed E-state index contributed by atoms with van der Waals surface area (Å²) in [5.74, 6) is 0. The Kier molecular flexibility index (Phi) is 2.16. The number of rotatable bonds is 2. The van der Waals surface area contributed by atoms with Crippen LogP contribution in [-0.4, -0.2) is 0 Å². The van der Waals surface area contributed by atoms with Crippen molar-refractivity contribution in [3.05, 3.63) is 121 Å². The second-order valence-corrected chi connectivity index (χ2v) is 7.60. The third kappa shape index (κ3) is 2.66. The van der Waals surface area contributed by atoms with Gasteiger partial charge in [0.1, 0.15) is 11.2 Å². The van der Waals surface area contributed by atoms with E-state index in [0.29, 0.717) is 32.7 Å². The molecule has 0 saturated carbocycles. The third-order valence-electron chi connectivity index (χ3n) is 5.88. The van der Waals surface area contributed by atoms with Gasteiger partial charge in [-0.3, -0.25) is 0 Å². The molecule has 6 aromatic carbocycles. The van der Waals surface area contributed by atoms with Crippen molar-refractivity contribution in [3.63, 3.8) is 0 Å². The third-order valence-corrected chi connectivity index (χ3v) is 5.88. The SMILES string of the molecule is [2H]c1c([2H])c([2H])c(-c2c3ccccc3c(-c3c([2H])c([2H])c([2H])c4oc5c([2H])c([2H])c([2H])c([2H])c5c34)c3ccccc23)c([2H])c1[2H]. The molecule has 0 N–H and O–H groups in total. The normalized spacial score (nSPS) is 16.7. The Morgan fingerprint density at radius 2 is 1.06 bits per heavy atom. The Morgan fingerprint density at radius 1 is 0.485 bits per heavy atom. The van der Waals surface area contributed by atoms with Crippen molar-refractivity contribution in [3.8, 4) is 22.3 Å². The minimum Gasteiger partial charge on any atom is -0.456 e. The molecular formula is C32H20O. The van der Waals surface area contributed by atoms with Crippen LogP contribution >= 0.6 is 0 Å². The molecule has 0 aliphatic heterocycles. The summed E-state index contributed by atoms with van der Waals surface area (Å²) in [6.07, 6.45) is 0. The number of hydrogen-bond acceptors (Lipinski definition) is 1. The molecule has 1 heteroatoms. The number of fused-ring (bicyclic) bond motifs is 5. The van der Waals surface area contributed by atoms with Crippen molar-refractivity contribution in [2.75, 3.05) is 0 Å². The zero-order valence-electron chi connectivity index (χ0n) is 29.0. The lowest BCUT2D eigenvalue weighted by atomic mass is 9.85. The standard InChI is InChI=1S/C32H20O/c1-2-11-21(12-3-1)30-22-13-4-6-15-24(22)31(25-16-7-5-14-23(25)30)27-18-10-20-29-32(27)26-17-8-9-19-28(26)33-29/h1-20H/i1D,2D,3D,8D,9D,10D,11D,12D,17D,18D,19D,20D. The average Bonchev–Trinajstić information content (AvgIpc) is 3.45. The molecule has 0 atom stereocenters. The van der Waals surface area contributed by atoms with Crippen LogP contribution in [0.4, 0.5) is 0 Å². The number of hydrogen-bond donors (Lipinski definition) is 0. The fraction of sp³-hybridized carbons (Fsp3) is 0. The van der Waals surface area contributed by atoms with Crippen molar-refractivity contribution in [1.82, 2.24) is 0 Å². The van der Waals surface area contributed by atoms with Crippen molar-refractivity contribution in [2.24, 2.45) is 0 Å². The maximum Gasteiger partial charge on any atom is 0.136 e. The zero-order valence-corrected chi connectivity index (χ0v) is 17.0. The minimum absolute atomic E-state index is 0.00163. The van der Waals surface area contributed by atoms with Crippen LogP contribution in [0, 0.1) is 0 Å². The highest BCUT2D eigenvalue weighted by Gasteiger charge is 2.19. The Hall–Kier alpha value is -4.36. The molecule has 0 spiro atoms. The first-order valence-electron chi connectivity index (χ1n) is 16.3. The van der Waals surface area contributed by atoms with Crippen LogP contribution in [0.3, 0.4) is 0 Å². The predicted molar refractivity (Wildman–Crippen MR) is 140 cm³/mol. The highest BCUT2D eigenvalue weighted by Crippen LogP contribution is 2.46. The molecule has 0 aliphatic carbocycles. The van der Waals surface area contributed by atoms with E-state index in [9.17, 15) is 0 Å². The molecule has 7 rings (SSSR count). The van der Waals surface area contributed by atoms with Gasteiger partial charge in [0.25, 0.3) is 0 Å². The largest absolute Gasteiger partial charge is 0.456 e. The van der Waals surface area contributed by atoms with Crippen molar-refractivity contribution in [1.29, 1.82) is 0 Å². The smallest absolute Gasteiger partial charge is 0.136 e. The lowest BCUT2D eigenvalue weighted by molar-refractivity contribution is 0.669. The molecule has 1 heterocycles. The first kappa shape index (κ1) is 10.1. The Labute approximate surface area is 208 Å². The van der Waals surface area contributed by atoms with E-state index in [4.69, 9.17) is 20.9 Å². The molecule has 0 aliphatic rings. The van der Waals surface area contributed by atoms with E-state index in [-0.39, 0.29) is 51.2 Å². The highest BCUT2D eigenvalue weighted by atomic mass is 16.3. The summed E-state index contributed by atoms with van der Waals surface area (Å²) >= 11 is 0. The molecule has 1 nitrogen and oxygen atoms in total. The number of benzene rings is 6. The molecule has 1 aromatic heterocycles. The van der Waals surface area contributed by atoms with E-state index in [0.717, 1.165) is 0 Å². The van der Waals surface area contributed by atoms with E-state index in [1.54, 1.807) is 48.5 Å². The van der Waals surface area contributed by atoms with E-state index in [2.05, 4.69) is 0 Å². The molecule has 0 amide bonds. The van der Waals surface area contributed by atoms with Crippen LogP contribution in [0.2, 0.25) is 0 Å². The Morgan fingerprint density at radius 3 is 1.76 bits per heavy atom. The van der Waals surface area contributed by atoms with E-state index >= 15 is 0 Å². The van der Waals surface area contributed by atoms with Gasteiger partial charge in [0.05, 0.1) is 16.4 Å².